The highest BCUT2D eigenvalue weighted by atomic mass is 32.2. The third-order valence-corrected chi connectivity index (χ3v) is 6.88. The van der Waals surface area contributed by atoms with E-state index in [9.17, 15) is 18.0 Å². The van der Waals surface area contributed by atoms with Crippen LogP contribution in [0.2, 0.25) is 0 Å². The fraction of sp³-hybridized carbons (Fsp3) is 0.364. The van der Waals surface area contributed by atoms with Gasteiger partial charge in [0.1, 0.15) is 5.75 Å². The number of hydrogen-bond acceptors (Lipinski definition) is 5. The Bertz CT molecular complexity index is 1060. The predicted molar refractivity (Wildman–Crippen MR) is 120 cm³/mol. The lowest BCUT2D eigenvalue weighted by atomic mass is 10.1. The van der Waals surface area contributed by atoms with E-state index in [2.05, 4.69) is 10.6 Å². The molecule has 2 N–H and O–H groups in total. The first-order valence-corrected chi connectivity index (χ1v) is 11.4. The first-order chi connectivity index (χ1) is 14.6. The first-order valence-electron chi connectivity index (χ1n) is 9.97. The molecule has 0 saturated heterocycles. The molecule has 0 aliphatic rings. The van der Waals surface area contributed by atoms with E-state index in [0.29, 0.717) is 30.1 Å². The molecule has 0 bridgehead atoms. The smallest absolute Gasteiger partial charge is 0.252 e. The quantitative estimate of drug-likeness (QED) is 0.615. The molecular weight excluding hydrogens is 418 g/mol. The van der Waals surface area contributed by atoms with Crippen LogP contribution in [0.15, 0.2) is 41.3 Å². The molecule has 9 heteroatoms. The summed E-state index contributed by atoms with van der Waals surface area (Å²) >= 11 is 0. The zero-order valence-corrected chi connectivity index (χ0v) is 19.3. The molecule has 0 fully saturated rings. The number of nitrogens with one attached hydrogen (secondary N) is 2. The number of nitrogens with zero attached hydrogens (tertiary/aromatic N) is 1. The van der Waals surface area contributed by atoms with Crippen LogP contribution in [0.5, 0.6) is 5.75 Å². The third-order valence-electron chi connectivity index (χ3n) is 4.84. The van der Waals surface area contributed by atoms with Gasteiger partial charge in [0.25, 0.3) is 5.91 Å². The summed E-state index contributed by atoms with van der Waals surface area (Å²) in [5.41, 5.74) is 2.26. The highest BCUT2D eigenvalue weighted by Crippen LogP contribution is 2.25. The Hall–Kier alpha value is -2.91. The minimum atomic E-state index is -3.70. The van der Waals surface area contributed by atoms with E-state index in [-0.39, 0.29) is 17.0 Å². The van der Waals surface area contributed by atoms with Crippen molar-refractivity contribution >= 4 is 27.5 Å². The van der Waals surface area contributed by atoms with Crippen molar-refractivity contribution in [2.24, 2.45) is 0 Å². The van der Waals surface area contributed by atoms with Crippen LogP contribution in [0.1, 0.15) is 35.3 Å². The Morgan fingerprint density at radius 1 is 1.03 bits per heavy atom. The maximum absolute atomic E-state index is 12.8. The summed E-state index contributed by atoms with van der Waals surface area (Å²) in [6, 6.07) is 9.79. The number of ether oxygens (including phenoxy) is 1. The molecule has 0 unspecified atom stereocenters. The van der Waals surface area contributed by atoms with Gasteiger partial charge in [-0.3, -0.25) is 9.59 Å². The molecule has 2 aromatic rings. The Morgan fingerprint density at radius 2 is 1.71 bits per heavy atom. The Labute approximate surface area is 183 Å². The molecule has 0 saturated carbocycles. The number of methoxy groups -OCH3 is 1. The van der Waals surface area contributed by atoms with Crippen LogP contribution in [0.25, 0.3) is 0 Å². The second-order valence-corrected chi connectivity index (χ2v) is 8.94. The number of amides is 2. The molecule has 0 heterocycles. The summed E-state index contributed by atoms with van der Waals surface area (Å²) in [5.74, 6) is -0.447. The second-order valence-electron chi connectivity index (χ2n) is 7.00. The number of carbonyl (C=O) groups is 2. The lowest BCUT2D eigenvalue weighted by Crippen LogP contribution is -2.34. The summed E-state index contributed by atoms with van der Waals surface area (Å²) in [6.07, 6.45) is 0. The molecule has 0 spiro atoms. The van der Waals surface area contributed by atoms with E-state index in [0.717, 1.165) is 5.56 Å². The summed E-state index contributed by atoms with van der Waals surface area (Å²) in [5, 5.41) is 5.26. The lowest BCUT2D eigenvalue weighted by Gasteiger charge is -2.19. The first kappa shape index (κ1) is 24.4. The molecule has 2 rings (SSSR count). The van der Waals surface area contributed by atoms with Gasteiger partial charge in [-0.25, -0.2) is 8.42 Å². The van der Waals surface area contributed by atoms with E-state index < -0.39 is 21.8 Å². The second kappa shape index (κ2) is 10.4. The van der Waals surface area contributed by atoms with Gasteiger partial charge in [0.05, 0.1) is 24.2 Å². The highest BCUT2D eigenvalue weighted by molar-refractivity contribution is 7.89. The molecule has 0 aliphatic carbocycles. The molecule has 0 atom stereocenters. The van der Waals surface area contributed by atoms with Gasteiger partial charge in [-0.15, -0.1) is 0 Å². The monoisotopic (exact) mass is 447 g/mol. The summed E-state index contributed by atoms with van der Waals surface area (Å²) < 4.78 is 32.1. The van der Waals surface area contributed by atoms with Crippen LogP contribution in [-0.4, -0.2) is 51.3 Å². The molecule has 31 heavy (non-hydrogen) atoms. The van der Waals surface area contributed by atoms with Crippen molar-refractivity contribution in [2.45, 2.75) is 32.6 Å². The van der Waals surface area contributed by atoms with Gasteiger partial charge in [0.15, 0.2) is 0 Å². The van der Waals surface area contributed by atoms with Crippen molar-refractivity contribution in [1.29, 1.82) is 0 Å². The zero-order chi connectivity index (χ0) is 23.2. The maximum Gasteiger partial charge on any atom is 0.252 e. The lowest BCUT2D eigenvalue weighted by molar-refractivity contribution is -0.115. The normalized spacial score (nSPS) is 11.3. The van der Waals surface area contributed by atoms with E-state index in [1.54, 1.807) is 39.0 Å². The van der Waals surface area contributed by atoms with Crippen molar-refractivity contribution in [1.82, 2.24) is 9.62 Å². The van der Waals surface area contributed by atoms with Crippen molar-refractivity contribution in [3.8, 4) is 5.75 Å². The molecule has 0 aliphatic heterocycles. The number of aryl methyl sites for hydroxylation is 2. The molecule has 168 valence electrons. The van der Waals surface area contributed by atoms with E-state index >= 15 is 0 Å². The van der Waals surface area contributed by atoms with Crippen molar-refractivity contribution < 1.29 is 22.7 Å². The summed E-state index contributed by atoms with van der Waals surface area (Å²) in [7, 11) is -2.19. The number of sulfonamides is 1. The molecule has 0 aromatic heterocycles. The van der Waals surface area contributed by atoms with Crippen molar-refractivity contribution in [3.63, 3.8) is 0 Å². The fourth-order valence-corrected chi connectivity index (χ4v) is 4.57. The average molecular weight is 448 g/mol. The standard InChI is InChI=1S/C22H29N3O5S/c1-6-25(7-2)31(28,29)17-10-9-16(4)18(13-17)22(27)23-14-21(26)24-19-12-15(3)8-11-20(19)30-5/h8-13H,6-7,14H2,1-5H3,(H,23,27)(H,24,26). The van der Waals surface area contributed by atoms with Crippen LogP contribution in [0, 0.1) is 13.8 Å². The van der Waals surface area contributed by atoms with Gasteiger partial charge < -0.3 is 15.4 Å². The molecule has 2 aromatic carbocycles. The summed E-state index contributed by atoms with van der Waals surface area (Å²) in [6.45, 7) is 7.49. The van der Waals surface area contributed by atoms with Crippen LogP contribution in [0.4, 0.5) is 5.69 Å². The van der Waals surface area contributed by atoms with Crippen LogP contribution in [0.3, 0.4) is 0 Å². The zero-order valence-electron chi connectivity index (χ0n) is 18.5. The van der Waals surface area contributed by atoms with Gasteiger partial charge in [0.2, 0.25) is 15.9 Å². The number of anilines is 1. The number of carbonyl (C=O) groups excluding carboxylic acids is 2. The number of benzene rings is 2. The van der Waals surface area contributed by atoms with Gasteiger partial charge in [-0.05, 0) is 49.2 Å². The number of rotatable bonds is 9. The maximum atomic E-state index is 12.8. The van der Waals surface area contributed by atoms with Crippen LogP contribution >= 0.6 is 0 Å². The average Bonchev–Trinajstić information content (AvgIpc) is 2.73. The fourth-order valence-electron chi connectivity index (χ4n) is 3.09. The van der Waals surface area contributed by atoms with Gasteiger partial charge in [-0.1, -0.05) is 26.0 Å². The van der Waals surface area contributed by atoms with Crippen LogP contribution in [-0.2, 0) is 14.8 Å². The largest absolute Gasteiger partial charge is 0.495 e. The summed E-state index contributed by atoms with van der Waals surface area (Å²) in [4.78, 5) is 25.0. The van der Waals surface area contributed by atoms with E-state index in [1.807, 2.05) is 13.0 Å². The molecule has 2 amide bonds. The highest BCUT2D eigenvalue weighted by Gasteiger charge is 2.23. The minimum Gasteiger partial charge on any atom is -0.495 e. The number of hydrogen-bond donors (Lipinski definition) is 2. The van der Waals surface area contributed by atoms with Gasteiger partial charge >= 0.3 is 0 Å². The Balaban J connectivity index is 2.14. The molecule has 0 radical (unpaired) electrons. The van der Waals surface area contributed by atoms with Crippen molar-refractivity contribution in [2.75, 3.05) is 32.1 Å². The van der Waals surface area contributed by atoms with Gasteiger partial charge in [0, 0.05) is 18.7 Å². The van der Waals surface area contributed by atoms with E-state index in [1.165, 1.54) is 23.5 Å². The van der Waals surface area contributed by atoms with E-state index in [4.69, 9.17) is 4.74 Å². The van der Waals surface area contributed by atoms with Crippen LogP contribution < -0.4 is 15.4 Å². The Morgan fingerprint density at radius 3 is 2.32 bits per heavy atom. The van der Waals surface area contributed by atoms with Gasteiger partial charge in [-0.2, -0.15) is 4.31 Å². The SMILES string of the molecule is CCN(CC)S(=O)(=O)c1ccc(C)c(C(=O)NCC(=O)Nc2cc(C)ccc2OC)c1. The topological polar surface area (TPSA) is 105 Å². The third kappa shape index (κ3) is 5.83. The Kier molecular flexibility index (Phi) is 8.18. The molecular formula is C22H29N3O5S. The molecule has 8 nitrogen and oxygen atoms in total. The van der Waals surface area contributed by atoms with Crippen molar-refractivity contribution in [3.05, 3.63) is 53.1 Å². The minimum absolute atomic E-state index is 0.0425. The predicted octanol–water partition coefficient (Wildman–Crippen LogP) is 2.71.